The zero-order valence-electron chi connectivity index (χ0n) is 18.2. The molecule has 0 saturated carbocycles. The molecule has 0 spiro atoms. The second kappa shape index (κ2) is 10.5. The van der Waals surface area contributed by atoms with Crippen LogP contribution in [0.15, 0.2) is 95.4 Å². The highest BCUT2D eigenvalue weighted by molar-refractivity contribution is 7.99. The van der Waals surface area contributed by atoms with Gasteiger partial charge in [-0.3, -0.25) is 14.3 Å². The second-order valence-corrected chi connectivity index (χ2v) is 8.66. The van der Waals surface area contributed by atoms with E-state index >= 15 is 0 Å². The summed E-state index contributed by atoms with van der Waals surface area (Å²) in [6.45, 7) is 0. The van der Waals surface area contributed by atoms with Crippen molar-refractivity contribution in [3.8, 4) is 17.1 Å². The van der Waals surface area contributed by atoms with Crippen LogP contribution in [-0.4, -0.2) is 42.6 Å². The third-order valence-electron chi connectivity index (χ3n) is 5.02. The molecule has 0 aliphatic heterocycles. The average molecular weight is 500 g/mol. The van der Waals surface area contributed by atoms with E-state index in [1.165, 1.54) is 18.0 Å². The molecule has 5 rings (SSSR count). The molecule has 0 unspecified atom stereocenters. The van der Waals surface area contributed by atoms with Crippen molar-refractivity contribution in [3.05, 3.63) is 95.9 Å². The maximum Gasteiger partial charge on any atom is 0.250 e. The number of pyridine rings is 2. The Labute approximate surface area is 210 Å². The van der Waals surface area contributed by atoms with E-state index < -0.39 is 0 Å². The fraction of sp³-hybridized carbons (Fsp3) is 0.0400. The smallest absolute Gasteiger partial charge is 0.250 e. The molecule has 2 aromatic carbocycles. The van der Waals surface area contributed by atoms with Gasteiger partial charge in [0, 0.05) is 34.6 Å². The van der Waals surface area contributed by atoms with Gasteiger partial charge in [0.05, 0.1) is 17.5 Å². The molecule has 8 nitrogen and oxygen atoms in total. The highest BCUT2D eigenvalue weighted by atomic mass is 35.5. The van der Waals surface area contributed by atoms with Gasteiger partial charge < -0.3 is 0 Å². The summed E-state index contributed by atoms with van der Waals surface area (Å²) < 4.78 is 1.91. The summed E-state index contributed by atoms with van der Waals surface area (Å²) in [4.78, 5) is 20.9. The number of rotatable bonds is 7. The summed E-state index contributed by atoms with van der Waals surface area (Å²) in [6, 6.07) is 23.0. The number of hydrazone groups is 1. The Hall–Kier alpha value is -4.08. The van der Waals surface area contributed by atoms with Crippen LogP contribution in [0.3, 0.4) is 0 Å². The molecule has 0 atom stereocenters. The molecular weight excluding hydrogens is 482 g/mol. The number of carbonyl (C=O) groups excluding carboxylic acids is 1. The van der Waals surface area contributed by atoms with Gasteiger partial charge in [-0.25, -0.2) is 10.4 Å². The Morgan fingerprint density at radius 3 is 2.63 bits per heavy atom. The number of nitrogens with zero attached hydrogens (tertiary/aromatic N) is 6. The van der Waals surface area contributed by atoms with Crippen molar-refractivity contribution in [2.75, 3.05) is 5.75 Å². The number of para-hydroxylation sites is 2. The fourth-order valence-corrected chi connectivity index (χ4v) is 4.34. The first-order valence-electron chi connectivity index (χ1n) is 10.6. The van der Waals surface area contributed by atoms with E-state index in [0.29, 0.717) is 21.7 Å². The summed E-state index contributed by atoms with van der Waals surface area (Å²) in [5.41, 5.74) is 5.71. The van der Waals surface area contributed by atoms with Crippen LogP contribution in [0.2, 0.25) is 5.15 Å². The van der Waals surface area contributed by atoms with Gasteiger partial charge in [0.1, 0.15) is 5.15 Å². The van der Waals surface area contributed by atoms with E-state index in [-0.39, 0.29) is 11.7 Å². The Morgan fingerprint density at radius 2 is 1.80 bits per heavy atom. The predicted molar refractivity (Wildman–Crippen MR) is 138 cm³/mol. The van der Waals surface area contributed by atoms with Gasteiger partial charge in [0.2, 0.25) is 0 Å². The maximum absolute atomic E-state index is 12.5. The van der Waals surface area contributed by atoms with Crippen molar-refractivity contribution < 1.29 is 4.79 Å². The lowest BCUT2D eigenvalue weighted by atomic mass is 10.2. The van der Waals surface area contributed by atoms with Gasteiger partial charge in [-0.15, -0.1) is 10.2 Å². The van der Waals surface area contributed by atoms with E-state index in [4.69, 9.17) is 11.6 Å². The molecule has 0 aliphatic carbocycles. The van der Waals surface area contributed by atoms with Crippen molar-refractivity contribution in [2.45, 2.75) is 5.16 Å². The monoisotopic (exact) mass is 499 g/mol. The molecule has 0 bridgehead atoms. The molecule has 0 saturated heterocycles. The quantitative estimate of drug-likeness (QED) is 0.150. The van der Waals surface area contributed by atoms with Crippen molar-refractivity contribution in [2.24, 2.45) is 5.10 Å². The lowest BCUT2D eigenvalue weighted by Crippen LogP contribution is -2.20. The highest BCUT2D eigenvalue weighted by Gasteiger charge is 2.17. The molecule has 3 aromatic heterocycles. The van der Waals surface area contributed by atoms with Crippen molar-refractivity contribution >= 4 is 46.4 Å². The van der Waals surface area contributed by atoms with Crippen LogP contribution in [0.1, 0.15) is 5.56 Å². The SMILES string of the molecule is O=C(CSc1nnc(-c2ccncc2)n1-c1ccccc1)N/N=C/c1cc2ccccc2nc1Cl. The zero-order chi connectivity index (χ0) is 24.0. The Morgan fingerprint density at radius 1 is 1.03 bits per heavy atom. The third kappa shape index (κ3) is 5.21. The first-order valence-corrected chi connectivity index (χ1v) is 12.0. The minimum atomic E-state index is -0.288. The van der Waals surface area contributed by atoms with Crippen LogP contribution < -0.4 is 5.43 Å². The summed E-state index contributed by atoms with van der Waals surface area (Å²) >= 11 is 7.51. The van der Waals surface area contributed by atoms with Gasteiger partial charge in [-0.1, -0.05) is 59.8 Å². The predicted octanol–water partition coefficient (Wildman–Crippen LogP) is 4.77. The summed E-state index contributed by atoms with van der Waals surface area (Å²) in [7, 11) is 0. The molecule has 172 valence electrons. The van der Waals surface area contributed by atoms with Crippen molar-refractivity contribution in [1.82, 2.24) is 30.2 Å². The van der Waals surface area contributed by atoms with Crippen molar-refractivity contribution in [1.29, 1.82) is 0 Å². The molecule has 0 radical (unpaired) electrons. The number of carbonyl (C=O) groups is 1. The molecule has 1 amide bonds. The largest absolute Gasteiger partial charge is 0.272 e. The number of aromatic nitrogens is 5. The standard InChI is InChI=1S/C25H18ClN7OS/c26-23-19(14-18-6-4-5-9-21(18)29-23)15-28-30-22(34)16-35-25-32-31-24(17-10-12-27-13-11-17)33(25)20-7-2-1-3-8-20/h1-15H,16H2,(H,30,34)/b28-15+. The molecule has 35 heavy (non-hydrogen) atoms. The Balaban J connectivity index is 1.30. The van der Waals surface area contributed by atoms with Crippen LogP contribution in [0.5, 0.6) is 0 Å². The maximum atomic E-state index is 12.5. The molecular formula is C25H18ClN7OS. The minimum absolute atomic E-state index is 0.0996. The van der Waals surface area contributed by atoms with Crippen molar-refractivity contribution in [3.63, 3.8) is 0 Å². The normalized spacial score (nSPS) is 11.2. The molecule has 1 N–H and O–H groups in total. The average Bonchev–Trinajstić information content (AvgIpc) is 3.33. The molecule has 3 heterocycles. The number of amides is 1. The van der Waals surface area contributed by atoms with Gasteiger partial charge in [0.15, 0.2) is 11.0 Å². The summed E-state index contributed by atoms with van der Waals surface area (Å²) in [5.74, 6) is 0.477. The highest BCUT2D eigenvalue weighted by Crippen LogP contribution is 2.27. The lowest BCUT2D eigenvalue weighted by molar-refractivity contribution is -0.118. The number of hydrogen-bond donors (Lipinski definition) is 1. The second-order valence-electron chi connectivity index (χ2n) is 7.36. The number of thioether (sulfide) groups is 1. The van der Waals surface area contributed by atoms with E-state index in [0.717, 1.165) is 22.2 Å². The molecule has 0 fully saturated rings. The van der Waals surface area contributed by atoms with Gasteiger partial charge in [0.25, 0.3) is 5.91 Å². The number of nitrogens with one attached hydrogen (secondary N) is 1. The first-order chi connectivity index (χ1) is 17.2. The molecule has 5 aromatic rings. The van der Waals surface area contributed by atoms with Crippen LogP contribution in [0.25, 0.3) is 28.0 Å². The van der Waals surface area contributed by atoms with Crippen LogP contribution in [-0.2, 0) is 4.79 Å². The van der Waals surface area contributed by atoms with E-state index in [2.05, 4.69) is 30.7 Å². The number of benzene rings is 2. The van der Waals surface area contributed by atoms with Gasteiger partial charge in [-0.05, 0) is 36.4 Å². The summed E-state index contributed by atoms with van der Waals surface area (Å²) in [6.07, 6.45) is 4.89. The number of fused-ring (bicyclic) bond motifs is 1. The Bertz CT molecular complexity index is 1510. The molecule has 0 aliphatic rings. The van der Waals surface area contributed by atoms with E-state index in [1.807, 2.05) is 77.4 Å². The zero-order valence-corrected chi connectivity index (χ0v) is 19.8. The van der Waals surface area contributed by atoms with Crippen LogP contribution >= 0.6 is 23.4 Å². The first kappa shape index (κ1) is 22.7. The lowest BCUT2D eigenvalue weighted by Gasteiger charge is -2.10. The number of halogens is 1. The van der Waals surface area contributed by atoms with Crippen LogP contribution in [0.4, 0.5) is 0 Å². The van der Waals surface area contributed by atoms with Gasteiger partial charge >= 0.3 is 0 Å². The number of hydrogen-bond acceptors (Lipinski definition) is 7. The van der Waals surface area contributed by atoms with Crippen LogP contribution in [0, 0.1) is 0 Å². The summed E-state index contributed by atoms with van der Waals surface area (Å²) in [5, 5.41) is 14.6. The van der Waals surface area contributed by atoms with E-state index in [1.54, 1.807) is 12.4 Å². The van der Waals surface area contributed by atoms with Gasteiger partial charge in [-0.2, -0.15) is 5.10 Å². The third-order valence-corrected chi connectivity index (χ3v) is 6.25. The fourth-order valence-electron chi connectivity index (χ4n) is 3.40. The molecule has 10 heteroatoms. The Kier molecular flexibility index (Phi) is 6.78. The van der Waals surface area contributed by atoms with E-state index in [9.17, 15) is 4.79 Å². The minimum Gasteiger partial charge on any atom is -0.272 e. The topological polar surface area (TPSA) is 98.0 Å².